The van der Waals surface area contributed by atoms with Crippen LogP contribution in [0.2, 0.25) is 0 Å². The first-order chi connectivity index (χ1) is 19.0. The first kappa shape index (κ1) is 25.8. The number of carbonyl (C=O) groups is 1. The molecule has 1 amide bonds. The molecular formula is C31H30F2N4OS. The van der Waals surface area contributed by atoms with Gasteiger partial charge in [-0.15, -0.1) is 0 Å². The van der Waals surface area contributed by atoms with E-state index in [0.29, 0.717) is 13.0 Å². The number of benzene rings is 3. The first-order valence-electron chi connectivity index (χ1n) is 13.3. The zero-order chi connectivity index (χ0) is 26.9. The van der Waals surface area contributed by atoms with Gasteiger partial charge in [-0.25, -0.2) is 13.8 Å². The molecule has 0 aliphatic heterocycles. The van der Waals surface area contributed by atoms with E-state index < -0.39 is 0 Å². The monoisotopic (exact) mass is 544 g/mol. The van der Waals surface area contributed by atoms with Crippen LogP contribution in [-0.2, 0) is 24.8 Å². The van der Waals surface area contributed by atoms with E-state index in [1.807, 2.05) is 40.9 Å². The minimum atomic E-state index is -0.278. The van der Waals surface area contributed by atoms with E-state index >= 15 is 0 Å². The summed E-state index contributed by atoms with van der Waals surface area (Å²) >= 11 is 1.43. The van der Waals surface area contributed by atoms with E-state index in [0.717, 1.165) is 46.8 Å². The number of hydrogen-bond donors (Lipinski definition) is 1. The molecule has 1 heterocycles. The summed E-state index contributed by atoms with van der Waals surface area (Å²) < 4.78 is 33.0. The van der Waals surface area contributed by atoms with Gasteiger partial charge in [0.2, 0.25) is 5.91 Å². The summed E-state index contributed by atoms with van der Waals surface area (Å²) in [6.07, 6.45) is 7.31. The van der Waals surface area contributed by atoms with Crippen LogP contribution < -0.4 is 9.62 Å². The van der Waals surface area contributed by atoms with Crippen LogP contribution in [0.4, 0.5) is 14.5 Å². The minimum Gasteiger partial charge on any atom is -0.337 e. The molecule has 2 aliphatic carbocycles. The molecule has 2 aliphatic rings. The van der Waals surface area contributed by atoms with E-state index in [-0.39, 0.29) is 35.4 Å². The molecule has 1 N–H and O–H groups in total. The van der Waals surface area contributed by atoms with Gasteiger partial charge in [-0.2, -0.15) is 0 Å². The van der Waals surface area contributed by atoms with E-state index in [9.17, 15) is 13.6 Å². The number of hydrogen-bond acceptors (Lipinski definition) is 4. The van der Waals surface area contributed by atoms with Gasteiger partial charge in [-0.05, 0) is 103 Å². The van der Waals surface area contributed by atoms with Crippen molar-refractivity contribution in [1.82, 2.24) is 14.3 Å². The largest absolute Gasteiger partial charge is 0.337 e. The lowest BCUT2D eigenvalue weighted by Crippen LogP contribution is -2.33. The summed E-state index contributed by atoms with van der Waals surface area (Å²) in [5, 5.41) is 0. The van der Waals surface area contributed by atoms with Crippen molar-refractivity contribution in [1.29, 1.82) is 0 Å². The maximum atomic E-state index is 13.9. The summed E-state index contributed by atoms with van der Waals surface area (Å²) in [4.78, 5) is 21.1. The molecule has 3 atom stereocenters. The fraction of sp³-hybridized carbons (Fsp3) is 0.290. The molecule has 0 unspecified atom stereocenters. The van der Waals surface area contributed by atoms with Gasteiger partial charge in [0.05, 0.1) is 6.54 Å². The SMILES string of the molecule is Cn1ccnc1CN(C(=O)[C@H]1C[C@@H]1c1cccc(F)c1)c1ccc2c(c1)[C@H](NSc1cccc(F)c1)CCC2. The topological polar surface area (TPSA) is 50.2 Å². The van der Waals surface area contributed by atoms with Crippen molar-refractivity contribution >= 4 is 23.5 Å². The predicted octanol–water partition coefficient (Wildman–Crippen LogP) is 6.71. The molecular weight excluding hydrogens is 514 g/mol. The van der Waals surface area contributed by atoms with Crippen molar-refractivity contribution in [3.8, 4) is 0 Å². The number of halogens is 2. The van der Waals surface area contributed by atoms with E-state index in [1.165, 1.54) is 41.8 Å². The Bertz CT molecular complexity index is 1510. The second kappa shape index (κ2) is 10.9. The molecule has 200 valence electrons. The Morgan fingerprint density at radius 1 is 1.10 bits per heavy atom. The number of nitrogens with zero attached hydrogens (tertiary/aromatic N) is 3. The lowest BCUT2D eigenvalue weighted by Gasteiger charge is -2.29. The highest BCUT2D eigenvalue weighted by molar-refractivity contribution is 7.97. The summed E-state index contributed by atoms with van der Waals surface area (Å²) in [5.41, 5.74) is 4.12. The van der Waals surface area contributed by atoms with Gasteiger partial charge < -0.3 is 9.47 Å². The molecule has 6 rings (SSSR count). The van der Waals surface area contributed by atoms with Crippen LogP contribution in [0.1, 0.15) is 53.7 Å². The molecule has 39 heavy (non-hydrogen) atoms. The molecule has 0 saturated heterocycles. The first-order valence-corrected chi connectivity index (χ1v) is 14.1. The average molecular weight is 545 g/mol. The van der Waals surface area contributed by atoms with Gasteiger partial charge in [0, 0.05) is 42.0 Å². The summed E-state index contributed by atoms with van der Waals surface area (Å²) in [7, 11) is 1.92. The molecule has 8 heteroatoms. The van der Waals surface area contributed by atoms with Gasteiger partial charge in [-0.1, -0.05) is 24.3 Å². The summed E-state index contributed by atoms with van der Waals surface area (Å²) in [6.45, 7) is 0.351. The standard InChI is InChI=1S/C31H30F2N4OS/c1-36-14-13-34-30(36)19-37(31(38)28-18-26(28)21-6-2-7-22(32)15-21)24-12-11-20-5-3-10-29(27(20)17-24)35-39-25-9-4-8-23(33)16-25/h2,4,6-9,11-17,26,28-29,35H,3,5,10,18-19H2,1H3/t26-,28+,29-/m1/s1. The van der Waals surface area contributed by atoms with Crippen LogP contribution in [0, 0.1) is 17.6 Å². The van der Waals surface area contributed by atoms with Crippen LogP contribution in [0.5, 0.6) is 0 Å². The second-order valence-electron chi connectivity index (χ2n) is 10.4. The van der Waals surface area contributed by atoms with Crippen LogP contribution in [-0.4, -0.2) is 15.5 Å². The number of amides is 1. The predicted molar refractivity (Wildman–Crippen MR) is 149 cm³/mol. The fourth-order valence-electron chi connectivity index (χ4n) is 5.51. The van der Waals surface area contributed by atoms with E-state index in [2.05, 4.69) is 21.8 Å². The molecule has 5 nitrogen and oxygen atoms in total. The third-order valence-corrected chi connectivity index (χ3v) is 8.63. The number of aromatic nitrogens is 2. The van der Waals surface area contributed by atoms with Crippen molar-refractivity contribution in [2.75, 3.05) is 4.90 Å². The highest BCUT2D eigenvalue weighted by atomic mass is 32.2. The third kappa shape index (κ3) is 5.63. The maximum absolute atomic E-state index is 13.9. The Hall–Kier alpha value is -3.49. The molecule has 4 aromatic rings. The van der Waals surface area contributed by atoms with Crippen LogP contribution in [0.15, 0.2) is 84.0 Å². The number of nitrogens with one attached hydrogen (secondary N) is 1. The Labute approximate surface area is 231 Å². The zero-order valence-electron chi connectivity index (χ0n) is 21.7. The van der Waals surface area contributed by atoms with Crippen molar-refractivity contribution in [3.63, 3.8) is 0 Å². The number of imidazole rings is 1. The Morgan fingerprint density at radius 2 is 1.92 bits per heavy atom. The third-order valence-electron chi connectivity index (χ3n) is 7.74. The zero-order valence-corrected chi connectivity index (χ0v) is 22.5. The van der Waals surface area contributed by atoms with Crippen molar-refractivity contribution in [2.24, 2.45) is 13.0 Å². The van der Waals surface area contributed by atoms with Gasteiger partial charge in [-0.3, -0.25) is 9.52 Å². The van der Waals surface area contributed by atoms with Gasteiger partial charge in [0.1, 0.15) is 17.5 Å². The molecule has 1 aromatic heterocycles. The molecule has 1 fully saturated rings. The molecule has 0 bridgehead atoms. The molecule has 0 spiro atoms. The molecule has 0 radical (unpaired) electrons. The molecule has 1 saturated carbocycles. The van der Waals surface area contributed by atoms with Gasteiger partial charge in [0.25, 0.3) is 0 Å². The van der Waals surface area contributed by atoms with Crippen molar-refractivity contribution in [2.45, 2.75) is 49.1 Å². The maximum Gasteiger partial charge on any atom is 0.231 e. The number of fused-ring (bicyclic) bond motifs is 1. The summed E-state index contributed by atoms with van der Waals surface area (Å²) in [6, 6.07) is 19.5. The smallest absolute Gasteiger partial charge is 0.231 e. The Kier molecular flexibility index (Phi) is 7.23. The van der Waals surface area contributed by atoms with E-state index in [4.69, 9.17) is 0 Å². The van der Waals surface area contributed by atoms with Crippen molar-refractivity contribution < 1.29 is 13.6 Å². The highest BCUT2D eigenvalue weighted by Crippen LogP contribution is 2.49. The quantitative estimate of drug-likeness (QED) is 0.251. The normalized spacial score (nSPS) is 19.9. The summed E-state index contributed by atoms with van der Waals surface area (Å²) in [5.74, 6) is 0.113. The van der Waals surface area contributed by atoms with Crippen LogP contribution in [0.25, 0.3) is 0 Å². The van der Waals surface area contributed by atoms with Gasteiger partial charge in [0.15, 0.2) is 0 Å². The minimum absolute atomic E-state index is 0.0202. The van der Waals surface area contributed by atoms with Crippen molar-refractivity contribution in [3.05, 3.63) is 113 Å². The van der Waals surface area contributed by atoms with E-state index in [1.54, 1.807) is 18.3 Å². The lowest BCUT2D eigenvalue weighted by atomic mass is 9.87. The van der Waals surface area contributed by atoms with Crippen LogP contribution >= 0.6 is 11.9 Å². The number of aryl methyl sites for hydroxylation is 2. The second-order valence-corrected chi connectivity index (χ2v) is 11.3. The number of anilines is 1. The van der Waals surface area contributed by atoms with Gasteiger partial charge >= 0.3 is 0 Å². The van der Waals surface area contributed by atoms with Crippen LogP contribution in [0.3, 0.4) is 0 Å². The highest BCUT2D eigenvalue weighted by Gasteiger charge is 2.46. The fourth-order valence-corrected chi connectivity index (χ4v) is 6.35. The number of carbonyl (C=O) groups excluding carboxylic acids is 1. The Balaban J connectivity index is 1.28. The number of rotatable bonds is 8. The lowest BCUT2D eigenvalue weighted by molar-refractivity contribution is -0.120. The average Bonchev–Trinajstić information content (AvgIpc) is 3.65. The Morgan fingerprint density at radius 3 is 2.69 bits per heavy atom. The molecule has 3 aromatic carbocycles.